The van der Waals surface area contributed by atoms with Crippen LogP contribution in [0.25, 0.3) is 0 Å². The number of benzene rings is 1. The van der Waals surface area contributed by atoms with Crippen LogP contribution in [0.3, 0.4) is 0 Å². The van der Waals surface area contributed by atoms with E-state index < -0.39 is 28.4 Å². The van der Waals surface area contributed by atoms with E-state index in [9.17, 15) is 21.6 Å². The SMILES string of the molecule is O=S(=O)(CCC(F)(F)F)N1CCSC(c2ccccc2)CC1. The van der Waals surface area contributed by atoms with Crippen LogP contribution >= 0.6 is 11.8 Å². The lowest BCUT2D eigenvalue weighted by Gasteiger charge is -2.20. The molecule has 0 spiro atoms. The summed E-state index contributed by atoms with van der Waals surface area (Å²) in [5.41, 5.74) is 1.13. The molecule has 8 heteroatoms. The maximum atomic E-state index is 12.2. The highest BCUT2D eigenvalue weighted by molar-refractivity contribution is 7.99. The van der Waals surface area contributed by atoms with Crippen LogP contribution in [0.4, 0.5) is 13.2 Å². The Kier molecular flexibility index (Phi) is 5.79. The average molecular weight is 353 g/mol. The second-order valence-electron chi connectivity index (χ2n) is 5.14. The van der Waals surface area contributed by atoms with Crippen LogP contribution in [0, 0.1) is 0 Å². The monoisotopic (exact) mass is 353 g/mol. The fourth-order valence-electron chi connectivity index (χ4n) is 2.34. The Hall–Kier alpha value is -0.730. The Morgan fingerprint density at radius 1 is 1.18 bits per heavy atom. The minimum Gasteiger partial charge on any atom is -0.212 e. The summed E-state index contributed by atoms with van der Waals surface area (Å²) in [5.74, 6) is -0.276. The zero-order chi connectivity index (χ0) is 16.2. The van der Waals surface area contributed by atoms with Crippen LogP contribution in [0.15, 0.2) is 30.3 Å². The summed E-state index contributed by atoms with van der Waals surface area (Å²) in [6.45, 7) is 0.543. The first kappa shape index (κ1) is 17.6. The predicted octanol–water partition coefficient (Wildman–Crippen LogP) is 3.45. The fraction of sp³-hybridized carbons (Fsp3) is 0.571. The molecule has 0 amide bonds. The minimum absolute atomic E-state index is 0.184. The third-order valence-corrected chi connectivity index (χ3v) is 6.71. The molecule has 0 aromatic heterocycles. The predicted molar refractivity (Wildman–Crippen MR) is 82.3 cm³/mol. The number of alkyl halides is 3. The average Bonchev–Trinajstić information content (AvgIpc) is 2.72. The molecule has 22 heavy (non-hydrogen) atoms. The van der Waals surface area contributed by atoms with Crippen molar-refractivity contribution in [1.29, 1.82) is 0 Å². The van der Waals surface area contributed by atoms with Crippen LogP contribution < -0.4 is 0 Å². The highest BCUT2D eigenvalue weighted by atomic mass is 32.2. The maximum absolute atomic E-state index is 12.2. The van der Waals surface area contributed by atoms with Crippen LogP contribution in [-0.2, 0) is 10.0 Å². The highest BCUT2D eigenvalue weighted by Crippen LogP contribution is 2.35. The number of hydrogen-bond donors (Lipinski definition) is 0. The van der Waals surface area contributed by atoms with Gasteiger partial charge in [-0.3, -0.25) is 0 Å². The van der Waals surface area contributed by atoms with Crippen molar-refractivity contribution < 1.29 is 21.6 Å². The maximum Gasteiger partial charge on any atom is 0.390 e. The van der Waals surface area contributed by atoms with Crippen LogP contribution in [0.5, 0.6) is 0 Å². The Morgan fingerprint density at radius 2 is 1.86 bits per heavy atom. The Morgan fingerprint density at radius 3 is 2.50 bits per heavy atom. The van der Waals surface area contributed by atoms with Gasteiger partial charge in [0.15, 0.2) is 0 Å². The smallest absolute Gasteiger partial charge is 0.212 e. The van der Waals surface area contributed by atoms with Gasteiger partial charge in [-0.25, -0.2) is 12.7 Å². The van der Waals surface area contributed by atoms with Gasteiger partial charge < -0.3 is 0 Å². The molecule has 1 aromatic carbocycles. The molecule has 2 rings (SSSR count). The van der Waals surface area contributed by atoms with E-state index in [1.807, 2.05) is 30.3 Å². The lowest BCUT2D eigenvalue weighted by molar-refractivity contribution is -0.130. The van der Waals surface area contributed by atoms with E-state index in [1.54, 1.807) is 11.8 Å². The molecule has 0 bridgehead atoms. The summed E-state index contributed by atoms with van der Waals surface area (Å²) in [7, 11) is -3.85. The van der Waals surface area contributed by atoms with Gasteiger partial charge in [-0.2, -0.15) is 24.9 Å². The number of thioether (sulfide) groups is 1. The van der Waals surface area contributed by atoms with Crippen LogP contribution in [0.2, 0.25) is 0 Å². The summed E-state index contributed by atoms with van der Waals surface area (Å²) < 4.78 is 62.0. The minimum atomic E-state index is -4.44. The van der Waals surface area contributed by atoms with Crippen LogP contribution in [0.1, 0.15) is 23.7 Å². The zero-order valence-corrected chi connectivity index (χ0v) is 13.6. The standard InChI is InChI=1S/C14H18F3NO2S2/c15-14(16,17)7-11-22(19,20)18-8-6-13(21-10-9-18)12-4-2-1-3-5-12/h1-5,13H,6-11H2. The zero-order valence-electron chi connectivity index (χ0n) is 11.9. The number of sulfonamides is 1. The molecule has 0 N–H and O–H groups in total. The molecule has 0 saturated carbocycles. The Balaban J connectivity index is 1.98. The van der Waals surface area contributed by atoms with E-state index in [1.165, 1.54) is 4.31 Å². The molecule has 1 atom stereocenters. The van der Waals surface area contributed by atoms with Gasteiger partial charge in [0.25, 0.3) is 0 Å². The van der Waals surface area contributed by atoms with Crippen molar-refractivity contribution in [1.82, 2.24) is 4.31 Å². The van der Waals surface area contributed by atoms with Crippen molar-refractivity contribution in [3.8, 4) is 0 Å². The van der Waals surface area contributed by atoms with Crippen molar-refractivity contribution in [3.63, 3.8) is 0 Å². The molecule has 124 valence electrons. The molecule has 1 unspecified atom stereocenters. The van der Waals surface area contributed by atoms with E-state index in [0.717, 1.165) is 5.56 Å². The lowest BCUT2D eigenvalue weighted by atomic mass is 10.1. The van der Waals surface area contributed by atoms with E-state index in [0.29, 0.717) is 12.2 Å². The van der Waals surface area contributed by atoms with Gasteiger partial charge >= 0.3 is 6.18 Å². The summed E-state index contributed by atoms with van der Waals surface area (Å²) in [4.78, 5) is 0. The lowest BCUT2D eigenvalue weighted by Crippen LogP contribution is -2.36. The molecule has 0 radical (unpaired) electrons. The quantitative estimate of drug-likeness (QED) is 0.832. The molecule has 0 aliphatic carbocycles. The molecule has 1 heterocycles. The van der Waals surface area contributed by atoms with E-state index in [4.69, 9.17) is 0 Å². The Labute approximate surface area is 132 Å². The second-order valence-corrected chi connectivity index (χ2v) is 8.54. The third kappa shape index (κ3) is 5.17. The number of halogens is 3. The van der Waals surface area contributed by atoms with Gasteiger partial charge in [-0.1, -0.05) is 30.3 Å². The summed E-state index contributed by atoms with van der Waals surface area (Å²) in [5, 5.41) is 0.184. The van der Waals surface area contributed by atoms with Crippen molar-refractivity contribution >= 4 is 21.8 Å². The number of nitrogens with zero attached hydrogens (tertiary/aromatic N) is 1. The first-order valence-corrected chi connectivity index (χ1v) is 9.65. The number of rotatable bonds is 4. The van der Waals surface area contributed by atoms with Crippen molar-refractivity contribution in [2.45, 2.75) is 24.3 Å². The molecular formula is C14H18F3NO2S2. The molecule has 1 aliphatic rings. The van der Waals surface area contributed by atoms with Gasteiger partial charge in [-0.05, 0) is 12.0 Å². The van der Waals surface area contributed by atoms with E-state index in [-0.39, 0.29) is 18.3 Å². The topological polar surface area (TPSA) is 37.4 Å². The molecule has 1 aromatic rings. The second kappa shape index (κ2) is 7.23. The normalized spacial score (nSPS) is 21.5. The van der Waals surface area contributed by atoms with Gasteiger partial charge in [0.2, 0.25) is 10.0 Å². The van der Waals surface area contributed by atoms with Gasteiger partial charge in [0.1, 0.15) is 0 Å². The molecular weight excluding hydrogens is 335 g/mol. The van der Waals surface area contributed by atoms with E-state index >= 15 is 0 Å². The molecule has 3 nitrogen and oxygen atoms in total. The highest BCUT2D eigenvalue weighted by Gasteiger charge is 2.33. The summed E-state index contributed by atoms with van der Waals surface area (Å²) in [6, 6.07) is 9.76. The number of hydrogen-bond acceptors (Lipinski definition) is 3. The van der Waals surface area contributed by atoms with Gasteiger partial charge in [-0.15, -0.1) is 0 Å². The largest absolute Gasteiger partial charge is 0.390 e. The van der Waals surface area contributed by atoms with Crippen molar-refractivity contribution in [2.24, 2.45) is 0 Å². The molecule has 1 saturated heterocycles. The first-order valence-electron chi connectivity index (χ1n) is 6.99. The van der Waals surface area contributed by atoms with Gasteiger partial charge in [0, 0.05) is 24.1 Å². The summed E-state index contributed by atoms with van der Waals surface area (Å²) in [6.07, 6.45) is -5.12. The third-order valence-electron chi connectivity index (χ3n) is 3.51. The Bertz CT molecular complexity index is 576. The first-order chi connectivity index (χ1) is 10.3. The molecule has 1 aliphatic heterocycles. The molecule has 1 fully saturated rings. The summed E-state index contributed by atoms with van der Waals surface area (Å²) >= 11 is 1.65. The van der Waals surface area contributed by atoms with Gasteiger partial charge in [0.05, 0.1) is 12.2 Å². The van der Waals surface area contributed by atoms with Crippen molar-refractivity contribution in [2.75, 3.05) is 24.6 Å². The van der Waals surface area contributed by atoms with Crippen LogP contribution in [-0.4, -0.2) is 43.5 Å². The van der Waals surface area contributed by atoms with E-state index in [2.05, 4.69) is 0 Å². The van der Waals surface area contributed by atoms with Crippen molar-refractivity contribution in [3.05, 3.63) is 35.9 Å². The fourth-order valence-corrected chi connectivity index (χ4v) is 5.18.